The number of benzene rings is 1. The maximum atomic E-state index is 11.8. The van der Waals surface area contributed by atoms with Crippen molar-refractivity contribution in [2.75, 3.05) is 17.0 Å². The Morgan fingerprint density at radius 1 is 1.32 bits per heavy atom. The zero-order chi connectivity index (χ0) is 16.0. The number of hydrogen-bond acceptors (Lipinski definition) is 6. The Kier molecular flexibility index (Phi) is 4.99. The molecule has 0 saturated heterocycles. The number of sulfonamides is 1. The van der Waals surface area contributed by atoms with E-state index in [2.05, 4.69) is 15.2 Å². The number of aryl methyl sites for hydroxylation is 1. The molecule has 1 amide bonds. The summed E-state index contributed by atoms with van der Waals surface area (Å²) in [4.78, 5) is 11.5. The molecule has 1 aromatic heterocycles. The van der Waals surface area contributed by atoms with Crippen LogP contribution in [0.5, 0.6) is 5.75 Å². The predicted molar refractivity (Wildman–Crippen MR) is 79.1 cm³/mol. The third kappa shape index (κ3) is 5.09. The van der Waals surface area contributed by atoms with Gasteiger partial charge >= 0.3 is 6.09 Å². The lowest BCUT2D eigenvalue weighted by Gasteiger charge is -2.07. The van der Waals surface area contributed by atoms with Gasteiger partial charge in [-0.3, -0.25) is 4.72 Å². The van der Waals surface area contributed by atoms with Gasteiger partial charge in [0, 0.05) is 12.6 Å². The topological polar surface area (TPSA) is 111 Å². The number of hydrogen-bond donors (Lipinski definition) is 2. The minimum absolute atomic E-state index is 0.0994. The van der Waals surface area contributed by atoms with Crippen molar-refractivity contribution in [1.82, 2.24) is 10.5 Å². The first-order chi connectivity index (χ1) is 10.4. The summed E-state index contributed by atoms with van der Waals surface area (Å²) in [5.74, 6) is 0.647. The van der Waals surface area contributed by atoms with Gasteiger partial charge in [0.25, 0.3) is 0 Å². The monoisotopic (exact) mass is 325 g/mol. The Balaban J connectivity index is 1.76. The van der Waals surface area contributed by atoms with E-state index in [9.17, 15) is 13.2 Å². The van der Waals surface area contributed by atoms with Crippen LogP contribution < -0.4 is 14.8 Å². The summed E-state index contributed by atoms with van der Waals surface area (Å²) in [5, 5.41) is 5.88. The minimum Gasteiger partial charge on any atom is -0.410 e. The average Bonchev–Trinajstić information content (AvgIpc) is 2.84. The molecular formula is C13H15N3O5S. The van der Waals surface area contributed by atoms with Crippen molar-refractivity contribution < 1.29 is 22.5 Å². The van der Waals surface area contributed by atoms with E-state index in [0.717, 1.165) is 0 Å². The fourth-order valence-electron chi connectivity index (χ4n) is 1.54. The van der Waals surface area contributed by atoms with Gasteiger partial charge in [0.1, 0.15) is 11.5 Å². The largest absolute Gasteiger partial charge is 0.412 e. The van der Waals surface area contributed by atoms with Crippen LogP contribution in [0, 0.1) is 6.92 Å². The Morgan fingerprint density at radius 3 is 2.68 bits per heavy atom. The smallest absolute Gasteiger partial charge is 0.410 e. The molecule has 0 spiro atoms. The van der Waals surface area contributed by atoms with Crippen LogP contribution in [0.25, 0.3) is 0 Å². The number of amides is 1. The molecule has 2 aromatic rings. The Hall–Kier alpha value is -2.55. The molecule has 0 radical (unpaired) electrons. The average molecular weight is 325 g/mol. The number of ether oxygens (including phenoxy) is 1. The molecule has 0 bridgehead atoms. The normalized spacial score (nSPS) is 11.0. The van der Waals surface area contributed by atoms with Crippen LogP contribution in [0.3, 0.4) is 0 Å². The predicted octanol–water partition coefficient (Wildman–Crippen LogP) is 1.51. The second-order valence-corrected chi connectivity index (χ2v) is 6.21. The van der Waals surface area contributed by atoms with Crippen molar-refractivity contribution in [1.29, 1.82) is 0 Å². The van der Waals surface area contributed by atoms with Crippen LogP contribution in [0.15, 0.2) is 40.9 Å². The second-order valence-electron chi connectivity index (χ2n) is 4.37. The molecule has 9 heteroatoms. The van der Waals surface area contributed by atoms with E-state index >= 15 is 0 Å². The van der Waals surface area contributed by atoms with Crippen molar-refractivity contribution in [3.8, 4) is 5.75 Å². The highest BCUT2D eigenvalue weighted by Gasteiger charge is 2.14. The zero-order valence-electron chi connectivity index (χ0n) is 11.8. The molecule has 8 nitrogen and oxygen atoms in total. The van der Waals surface area contributed by atoms with Crippen LogP contribution in [0.2, 0.25) is 0 Å². The van der Waals surface area contributed by atoms with Gasteiger partial charge in [0.05, 0.1) is 5.75 Å². The number of anilines is 1. The third-order valence-electron chi connectivity index (χ3n) is 2.48. The van der Waals surface area contributed by atoms with Crippen LogP contribution >= 0.6 is 0 Å². The number of nitrogens with zero attached hydrogens (tertiary/aromatic N) is 1. The van der Waals surface area contributed by atoms with Crippen LogP contribution in [0.4, 0.5) is 10.6 Å². The summed E-state index contributed by atoms with van der Waals surface area (Å²) in [6.45, 7) is 1.55. The quantitative estimate of drug-likeness (QED) is 0.833. The summed E-state index contributed by atoms with van der Waals surface area (Å²) < 4.78 is 35.5. The highest BCUT2D eigenvalue weighted by Crippen LogP contribution is 2.09. The molecule has 1 heterocycles. The number of carbonyl (C=O) groups excluding carboxylic acids is 1. The van der Waals surface area contributed by atoms with Crippen molar-refractivity contribution in [2.24, 2.45) is 0 Å². The molecular weight excluding hydrogens is 310 g/mol. The number of aromatic nitrogens is 1. The highest BCUT2D eigenvalue weighted by atomic mass is 32.2. The molecule has 22 heavy (non-hydrogen) atoms. The Labute approximate surface area is 127 Å². The molecule has 0 aliphatic rings. The first kappa shape index (κ1) is 15.8. The van der Waals surface area contributed by atoms with Crippen LogP contribution in [-0.2, 0) is 10.0 Å². The lowest BCUT2D eigenvalue weighted by Crippen LogP contribution is -2.33. The van der Waals surface area contributed by atoms with Crippen molar-refractivity contribution in [3.63, 3.8) is 0 Å². The Bertz CT molecular complexity index is 727. The van der Waals surface area contributed by atoms with Crippen LogP contribution in [0.1, 0.15) is 5.76 Å². The van der Waals surface area contributed by atoms with E-state index in [-0.39, 0.29) is 18.1 Å². The summed E-state index contributed by atoms with van der Waals surface area (Å²) in [6.07, 6.45) is -0.723. The molecule has 2 N–H and O–H groups in total. The van der Waals surface area contributed by atoms with Crippen LogP contribution in [-0.4, -0.2) is 32.0 Å². The summed E-state index contributed by atoms with van der Waals surface area (Å²) in [6, 6.07) is 9.91. The van der Waals surface area contributed by atoms with E-state index in [1.165, 1.54) is 6.07 Å². The van der Waals surface area contributed by atoms with Crippen molar-refractivity contribution in [3.05, 3.63) is 42.2 Å². The lowest BCUT2D eigenvalue weighted by atomic mass is 10.3. The van der Waals surface area contributed by atoms with Crippen molar-refractivity contribution in [2.45, 2.75) is 6.92 Å². The second kappa shape index (κ2) is 6.94. The van der Waals surface area contributed by atoms with Gasteiger partial charge in [0.15, 0.2) is 5.82 Å². The van der Waals surface area contributed by atoms with Gasteiger partial charge in [0.2, 0.25) is 10.0 Å². The van der Waals surface area contributed by atoms with E-state index in [0.29, 0.717) is 11.5 Å². The van der Waals surface area contributed by atoms with E-state index < -0.39 is 16.1 Å². The molecule has 0 fully saturated rings. The molecule has 0 aliphatic carbocycles. The molecule has 0 saturated carbocycles. The van der Waals surface area contributed by atoms with Gasteiger partial charge in [-0.1, -0.05) is 23.4 Å². The number of rotatable bonds is 6. The molecule has 2 rings (SSSR count). The molecule has 118 valence electrons. The molecule has 0 aliphatic heterocycles. The number of nitrogens with one attached hydrogen (secondary N) is 2. The SMILES string of the molecule is Cc1cc(NS(=O)(=O)CCNC(=O)Oc2ccccc2)no1. The standard InChI is InChI=1S/C13H15N3O5S/c1-10-9-12(15-21-10)16-22(18,19)8-7-14-13(17)20-11-5-3-2-4-6-11/h2-6,9H,7-8H2,1H3,(H,14,17)(H,15,16). The summed E-state index contributed by atoms with van der Waals surface area (Å²) in [5.41, 5.74) is 0. The van der Waals surface area contributed by atoms with Gasteiger partial charge in [-0.2, -0.15) is 0 Å². The van der Waals surface area contributed by atoms with Gasteiger partial charge in [-0.25, -0.2) is 13.2 Å². The Morgan fingerprint density at radius 2 is 2.05 bits per heavy atom. The number of carbonyl (C=O) groups is 1. The molecule has 0 atom stereocenters. The van der Waals surface area contributed by atoms with Gasteiger partial charge < -0.3 is 14.6 Å². The zero-order valence-corrected chi connectivity index (χ0v) is 12.6. The van der Waals surface area contributed by atoms with E-state index in [4.69, 9.17) is 9.26 Å². The van der Waals surface area contributed by atoms with Gasteiger partial charge in [-0.05, 0) is 19.1 Å². The summed E-state index contributed by atoms with van der Waals surface area (Å²) in [7, 11) is -3.63. The molecule has 1 aromatic carbocycles. The highest BCUT2D eigenvalue weighted by molar-refractivity contribution is 7.92. The third-order valence-corrected chi connectivity index (χ3v) is 3.74. The van der Waals surface area contributed by atoms with E-state index in [1.807, 2.05) is 0 Å². The lowest BCUT2D eigenvalue weighted by molar-refractivity contribution is 0.201. The fraction of sp³-hybridized carbons (Fsp3) is 0.231. The maximum Gasteiger partial charge on any atom is 0.412 e. The first-order valence-corrected chi connectivity index (χ1v) is 8.04. The minimum atomic E-state index is -3.63. The summed E-state index contributed by atoms with van der Waals surface area (Å²) >= 11 is 0. The van der Waals surface area contributed by atoms with Crippen molar-refractivity contribution >= 4 is 21.9 Å². The van der Waals surface area contributed by atoms with E-state index in [1.54, 1.807) is 37.3 Å². The first-order valence-electron chi connectivity index (χ1n) is 6.39. The van der Waals surface area contributed by atoms with Gasteiger partial charge in [-0.15, -0.1) is 0 Å². The molecule has 0 unspecified atom stereocenters. The fourth-order valence-corrected chi connectivity index (χ4v) is 2.43. The maximum absolute atomic E-state index is 11.8. The number of para-hydroxylation sites is 1.